The third-order valence-electron chi connectivity index (χ3n) is 3.22. The van der Waals surface area contributed by atoms with Gasteiger partial charge in [0.1, 0.15) is 0 Å². The third-order valence-corrected chi connectivity index (χ3v) is 3.22. The number of piperazine rings is 1. The normalized spacial score (nSPS) is 31.4. The van der Waals surface area contributed by atoms with E-state index < -0.39 is 0 Å². The summed E-state index contributed by atoms with van der Waals surface area (Å²) in [6, 6.07) is 0.404. The number of nitrogens with one attached hydrogen (secondary N) is 2. The van der Waals surface area contributed by atoms with Crippen LogP contribution in [0.4, 0.5) is 0 Å². The van der Waals surface area contributed by atoms with Gasteiger partial charge in [-0.05, 0) is 18.8 Å². The van der Waals surface area contributed by atoms with Gasteiger partial charge in [-0.3, -0.25) is 4.79 Å². The molecule has 74 valence electrons. The number of hydrogen-bond donors (Lipinski definition) is 2. The highest BCUT2D eigenvalue weighted by atomic mass is 16.2. The number of amides is 1. The minimum atomic E-state index is 0.168. The van der Waals surface area contributed by atoms with Crippen LogP contribution in [0.3, 0.4) is 0 Å². The molecule has 0 aromatic heterocycles. The molecule has 2 aliphatic rings. The number of hydrogen-bond acceptors (Lipinski definition) is 2. The first-order valence-corrected chi connectivity index (χ1v) is 5.36. The molecule has 0 unspecified atom stereocenters. The number of rotatable bonds is 1. The summed E-state index contributed by atoms with van der Waals surface area (Å²) in [6.07, 6.45) is 6.66. The molecule has 0 aromatic carbocycles. The van der Waals surface area contributed by atoms with Crippen molar-refractivity contribution in [2.24, 2.45) is 5.92 Å². The molecule has 1 saturated carbocycles. The Balaban J connectivity index is 1.87. The molecule has 0 radical (unpaired) electrons. The maximum Gasteiger partial charge on any atom is 0.234 e. The Labute approximate surface area is 79.3 Å². The molecule has 3 nitrogen and oxygen atoms in total. The molecule has 1 amide bonds. The summed E-state index contributed by atoms with van der Waals surface area (Å²) in [6.45, 7) is 1.47. The highest BCUT2D eigenvalue weighted by molar-refractivity contribution is 5.79. The maximum atomic E-state index is 11.1. The standard InChI is InChI=1S/C10H18N2O/c13-10-7-11-6-9(12-10)8-4-2-1-3-5-8/h8-9,11H,1-7H2,(H,12,13)/t9-/m0/s1. The minimum Gasteiger partial charge on any atom is -0.351 e. The Morgan fingerprint density at radius 1 is 1.15 bits per heavy atom. The van der Waals surface area contributed by atoms with Gasteiger partial charge in [-0.15, -0.1) is 0 Å². The average Bonchev–Trinajstić information content (AvgIpc) is 2.19. The Hall–Kier alpha value is -0.570. The summed E-state index contributed by atoms with van der Waals surface area (Å²) in [5, 5.41) is 6.25. The predicted octanol–water partition coefficient (Wildman–Crippen LogP) is 0.655. The molecular formula is C10H18N2O. The van der Waals surface area contributed by atoms with E-state index in [0.29, 0.717) is 12.6 Å². The maximum absolute atomic E-state index is 11.1. The molecule has 0 bridgehead atoms. The van der Waals surface area contributed by atoms with Gasteiger partial charge < -0.3 is 10.6 Å². The fraction of sp³-hybridized carbons (Fsp3) is 0.900. The summed E-state index contributed by atoms with van der Waals surface area (Å²) in [7, 11) is 0. The zero-order valence-corrected chi connectivity index (χ0v) is 8.01. The van der Waals surface area contributed by atoms with E-state index in [0.717, 1.165) is 12.5 Å². The van der Waals surface area contributed by atoms with Crippen LogP contribution in [-0.4, -0.2) is 25.0 Å². The zero-order chi connectivity index (χ0) is 9.10. The van der Waals surface area contributed by atoms with Crippen molar-refractivity contribution in [2.75, 3.05) is 13.1 Å². The topological polar surface area (TPSA) is 41.1 Å². The van der Waals surface area contributed by atoms with Crippen molar-refractivity contribution < 1.29 is 4.79 Å². The molecule has 1 saturated heterocycles. The second-order valence-electron chi connectivity index (χ2n) is 4.20. The molecule has 2 fully saturated rings. The van der Waals surface area contributed by atoms with Crippen molar-refractivity contribution >= 4 is 5.91 Å². The van der Waals surface area contributed by atoms with Crippen LogP contribution in [-0.2, 0) is 4.79 Å². The zero-order valence-electron chi connectivity index (χ0n) is 8.01. The molecule has 3 heteroatoms. The van der Waals surface area contributed by atoms with Crippen LogP contribution < -0.4 is 10.6 Å². The summed E-state index contributed by atoms with van der Waals surface area (Å²) in [5.74, 6) is 0.896. The van der Waals surface area contributed by atoms with Crippen LogP contribution >= 0.6 is 0 Å². The van der Waals surface area contributed by atoms with Gasteiger partial charge in [0.15, 0.2) is 0 Å². The number of carbonyl (C=O) groups excluding carboxylic acids is 1. The van der Waals surface area contributed by atoms with Gasteiger partial charge in [0.2, 0.25) is 5.91 Å². The van der Waals surface area contributed by atoms with Crippen LogP contribution in [0.25, 0.3) is 0 Å². The lowest BCUT2D eigenvalue weighted by Crippen LogP contribution is -2.55. The van der Waals surface area contributed by atoms with Gasteiger partial charge >= 0.3 is 0 Å². The van der Waals surface area contributed by atoms with Crippen molar-refractivity contribution in [3.8, 4) is 0 Å². The lowest BCUT2D eigenvalue weighted by atomic mass is 9.83. The van der Waals surface area contributed by atoms with E-state index in [4.69, 9.17) is 0 Å². The van der Waals surface area contributed by atoms with Crippen molar-refractivity contribution in [3.63, 3.8) is 0 Å². The average molecular weight is 182 g/mol. The summed E-state index contributed by atoms with van der Waals surface area (Å²) >= 11 is 0. The quantitative estimate of drug-likeness (QED) is 0.625. The Kier molecular flexibility index (Phi) is 2.83. The van der Waals surface area contributed by atoms with Crippen LogP contribution in [0.5, 0.6) is 0 Å². The van der Waals surface area contributed by atoms with Crippen LogP contribution in [0.15, 0.2) is 0 Å². The van der Waals surface area contributed by atoms with E-state index in [1.165, 1.54) is 32.1 Å². The molecule has 1 aliphatic carbocycles. The SMILES string of the molecule is O=C1CNC[C@@H](C2CCCCC2)N1. The summed E-state index contributed by atoms with van der Waals surface area (Å²) < 4.78 is 0. The molecule has 2 rings (SSSR count). The fourth-order valence-electron chi connectivity index (χ4n) is 2.47. The van der Waals surface area contributed by atoms with E-state index >= 15 is 0 Å². The van der Waals surface area contributed by atoms with Crippen molar-refractivity contribution in [1.82, 2.24) is 10.6 Å². The first kappa shape index (κ1) is 9.00. The van der Waals surface area contributed by atoms with Gasteiger partial charge in [-0.1, -0.05) is 19.3 Å². The second kappa shape index (κ2) is 4.09. The molecule has 1 heterocycles. The molecule has 0 spiro atoms. The largest absolute Gasteiger partial charge is 0.351 e. The van der Waals surface area contributed by atoms with Crippen molar-refractivity contribution in [1.29, 1.82) is 0 Å². The minimum absolute atomic E-state index is 0.168. The molecule has 1 atom stereocenters. The highest BCUT2D eigenvalue weighted by Gasteiger charge is 2.27. The Bertz CT molecular complexity index is 187. The first-order valence-electron chi connectivity index (χ1n) is 5.36. The van der Waals surface area contributed by atoms with Gasteiger partial charge in [0.25, 0.3) is 0 Å². The smallest absolute Gasteiger partial charge is 0.234 e. The predicted molar refractivity (Wildman–Crippen MR) is 51.4 cm³/mol. The first-order chi connectivity index (χ1) is 6.36. The van der Waals surface area contributed by atoms with E-state index in [-0.39, 0.29) is 5.91 Å². The van der Waals surface area contributed by atoms with Crippen LogP contribution in [0.1, 0.15) is 32.1 Å². The lowest BCUT2D eigenvalue weighted by molar-refractivity contribution is -0.122. The molecular weight excluding hydrogens is 164 g/mol. The van der Waals surface area contributed by atoms with Gasteiger partial charge in [0, 0.05) is 12.6 Å². The van der Waals surface area contributed by atoms with Crippen molar-refractivity contribution in [3.05, 3.63) is 0 Å². The van der Waals surface area contributed by atoms with Crippen LogP contribution in [0, 0.1) is 5.92 Å². The van der Waals surface area contributed by atoms with Gasteiger partial charge in [0.05, 0.1) is 6.54 Å². The van der Waals surface area contributed by atoms with E-state index in [1.54, 1.807) is 0 Å². The van der Waals surface area contributed by atoms with E-state index in [2.05, 4.69) is 10.6 Å². The Morgan fingerprint density at radius 2 is 1.92 bits per heavy atom. The molecule has 2 N–H and O–H groups in total. The van der Waals surface area contributed by atoms with E-state index in [9.17, 15) is 4.79 Å². The third kappa shape index (κ3) is 2.21. The van der Waals surface area contributed by atoms with Crippen LogP contribution in [0.2, 0.25) is 0 Å². The van der Waals surface area contributed by atoms with Gasteiger partial charge in [-0.2, -0.15) is 0 Å². The number of carbonyl (C=O) groups is 1. The monoisotopic (exact) mass is 182 g/mol. The van der Waals surface area contributed by atoms with E-state index in [1.807, 2.05) is 0 Å². The second-order valence-corrected chi connectivity index (χ2v) is 4.20. The Morgan fingerprint density at radius 3 is 2.62 bits per heavy atom. The summed E-state index contributed by atoms with van der Waals surface area (Å²) in [5.41, 5.74) is 0. The molecule has 13 heavy (non-hydrogen) atoms. The fourth-order valence-corrected chi connectivity index (χ4v) is 2.47. The molecule has 0 aromatic rings. The summed E-state index contributed by atoms with van der Waals surface area (Å²) in [4.78, 5) is 11.1. The highest BCUT2D eigenvalue weighted by Crippen LogP contribution is 2.26. The van der Waals surface area contributed by atoms with Crippen molar-refractivity contribution in [2.45, 2.75) is 38.1 Å². The molecule has 1 aliphatic heterocycles. The lowest BCUT2D eigenvalue weighted by Gasteiger charge is -2.33. The van der Waals surface area contributed by atoms with Gasteiger partial charge in [-0.25, -0.2) is 0 Å².